The molecule has 0 aromatic heterocycles. The first kappa shape index (κ1) is 15.7. The van der Waals surface area contributed by atoms with Gasteiger partial charge in [0.1, 0.15) is 17.2 Å². The second-order valence-corrected chi connectivity index (χ2v) is 4.60. The molecular weight excluding hydrogens is 276 g/mol. The lowest BCUT2D eigenvalue weighted by molar-refractivity contribution is 0.402. The van der Waals surface area contributed by atoms with E-state index in [2.05, 4.69) is 0 Å². The first-order chi connectivity index (χ1) is 10.8. The van der Waals surface area contributed by atoms with Crippen LogP contribution in [0.25, 0.3) is 12.2 Å². The van der Waals surface area contributed by atoms with Crippen molar-refractivity contribution in [3.8, 4) is 17.2 Å². The molecule has 0 radical (unpaired) electrons. The van der Waals surface area contributed by atoms with Crippen LogP contribution in [0.4, 0.5) is 0 Å². The fourth-order valence-corrected chi connectivity index (χ4v) is 2.01. The Morgan fingerprint density at radius 2 is 1.32 bits per heavy atom. The molecule has 3 heteroatoms. The third kappa shape index (κ3) is 4.16. The SMILES string of the molecule is COc1ccc(C=CC=Cc2cc(OC)ccc2OC)cc1. The van der Waals surface area contributed by atoms with Gasteiger partial charge in [-0.1, -0.05) is 36.4 Å². The summed E-state index contributed by atoms with van der Waals surface area (Å²) in [7, 11) is 4.97. The number of ether oxygens (including phenoxy) is 3. The van der Waals surface area contributed by atoms with Crippen LogP contribution in [-0.2, 0) is 0 Å². The molecular formula is C19H20O3. The number of hydrogen-bond acceptors (Lipinski definition) is 3. The Labute approximate surface area is 131 Å². The highest BCUT2D eigenvalue weighted by Gasteiger charge is 2.00. The van der Waals surface area contributed by atoms with Gasteiger partial charge in [0.2, 0.25) is 0 Å². The van der Waals surface area contributed by atoms with E-state index in [1.165, 1.54) is 0 Å². The zero-order valence-electron chi connectivity index (χ0n) is 13.1. The van der Waals surface area contributed by atoms with Gasteiger partial charge in [-0.15, -0.1) is 0 Å². The van der Waals surface area contributed by atoms with E-state index in [4.69, 9.17) is 14.2 Å². The maximum absolute atomic E-state index is 5.34. The lowest BCUT2D eigenvalue weighted by Gasteiger charge is -2.06. The summed E-state index contributed by atoms with van der Waals surface area (Å²) >= 11 is 0. The van der Waals surface area contributed by atoms with Crippen LogP contribution in [0.2, 0.25) is 0 Å². The van der Waals surface area contributed by atoms with Gasteiger partial charge in [-0.25, -0.2) is 0 Å². The van der Waals surface area contributed by atoms with Gasteiger partial charge in [-0.05, 0) is 35.9 Å². The van der Waals surface area contributed by atoms with Crippen molar-refractivity contribution in [3.05, 3.63) is 65.7 Å². The molecule has 0 spiro atoms. The van der Waals surface area contributed by atoms with Crippen LogP contribution in [0.3, 0.4) is 0 Å². The van der Waals surface area contributed by atoms with Crippen LogP contribution in [-0.4, -0.2) is 21.3 Å². The van der Waals surface area contributed by atoms with E-state index in [1.807, 2.05) is 66.8 Å². The minimum atomic E-state index is 0.805. The summed E-state index contributed by atoms with van der Waals surface area (Å²) in [5.41, 5.74) is 2.09. The van der Waals surface area contributed by atoms with Crippen molar-refractivity contribution in [2.24, 2.45) is 0 Å². The summed E-state index contributed by atoms with van der Waals surface area (Å²) < 4.78 is 15.7. The Morgan fingerprint density at radius 3 is 1.95 bits per heavy atom. The van der Waals surface area contributed by atoms with Gasteiger partial charge >= 0.3 is 0 Å². The summed E-state index contributed by atoms with van der Waals surface area (Å²) in [6.45, 7) is 0. The molecule has 0 saturated carbocycles. The van der Waals surface area contributed by atoms with E-state index in [-0.39, 0.29) is 0 Å². The minimum absolute atomic E-state index is 0.805. The molecule has 0 fully saturated rings. The number of hydrogen-bond donors (Lipinski definition) is 0. The lowest BCUT2D eigenvalue weighted by Crippen LogP contribution is -1.89. The van der Waals surface area contributed by atoms with Gasteiger partial charge in [0, 0.05) is 5.56 Å². The normalized spacial score (nSPS) is 11.0. The second-order valence-electron chi connectivity index (χ2n) is 4.60. The third-order valence-corrected chi connectivity index (χ3v) is 3.23. The zero-order chi connectivity index (χ0) is 15.8. The first-order valence-electron chi connectivity index (χ1n) is 6.97. The maximum atomic E-state index is 5.34. The predicted molar refractivity (Wildman–Crippen MR) is 90.6 cm³/mol. The van der Waals surface area contributed by atoms with Crippen LogP contribution in [0.5, 0.6) is 17.2 Å². The van der Waals surface area contributed by atoms with Gasteiger partial charge in [0.05, 0.1) is 21.3 Å². The highest BCUT2D eigenvalue weighted by Crippen LogP contribution is 2.25. The standard InChI is InChI=1S/C19H20O3/c1-20-17-10-8-15(9-11-17)6-4-5-7-16-14-18(21-2)12-13-19(16)22-3/h4-14H,1-3H3. The highest BCUT2D eigenvalue weighted by atomic mass is 16.5. The largest absolute Gasteiger partial charge is 0.497 e. The third-order valence-electron chi connectivity index (χ3n) is 3.23. The van der Waals surface area contributed by atoms with Crippen molar-refractivity contribution < 1.29 is 14.2 Å². The number of benzene rings is 2. The predicted octanol–water partition coefficient (Wildman–Crippen LogP) is 4.44. The van der Waals surface area contributed by atoms with Crippen LogP contribution in [0, 0.1) is 0 Å². The quantitative estimate of drug-likeness (QED) is 0.738. The molecule has 0 aliphatic heterocycles. The van der Waals surface area contributed by atoms with Crippen molar-refractivity contribution in [3.63, 3.8) is 0 Å². The first-order valence-corrected chi connectivity index (χ1v) is 6.97. The zero-order valence-corrected chi connectivity index (χ0v) is 13.1. The van der Waals surface area contributed by atoms with Crippen molar-refractivity contribution >= 4 is 12.2 Å². The topological polar surface area (TPSA) is 27.7 Å². The summed E-state index contributed by atoms with van der Waals surface area (Å²) in [5, 5.41) is 0. The van der Waals surface area contributed by atoms with Gasteiger partial charge in [-0.2, -0.15) is 0 Å². The van der Waals surface area contributed by atoms with Crippen LogP contribution < -0.4 is 14.2 Å². The number of methoxy groups -OCH3 is 3. The van der Waals surface area contributed by atoms with E-state index >= 15 is 0 Å². The molecule has 0 atom stereocenters. The maximum Gasteiger partial charge on any atom is 0.126 e. The molecule has 0 amide bonds. The smallest absolute Gasteiger partial charge is 0.126 e. The fraction of sp³-hybridized carbons (Fsp3) is 0.158. The summed E-state index contributed by atoms with van der Waals surface area (Å²) in [6, 6.07) is 13.6. The number of rotatable bonds is 6. The molecule has 2 aromatic rings. The average Bonchev–Trinajstić information content (AvgIpc) is 2.59. The summed E-state index contributed by atoms with van der Waals surface area (Å²) in [5.74, 6) is 2.48. The Balaban J connectivity index is 2.09. The molecule has 0 unspecified atom stereocenters. The Hall–Kier alpha value is -2.68. The second kappa shape index (κ2) is 7.93. The van der Waals surface area contributed by atoms with Gasteiger partial charge in [0.15, 0.2) is 0 Å². The van der Waals surface area contributed by atoms with E-state index in [1.54, 1.807) is 21.3 Å². The highest BCUT2D eigenvalue weighted by molar-refractivity contribution is 5.63. The Bertz CT molecular complexity index is 655. The summed E-state index contributed by atoms with van der Waals surface area (Å²) in [6.07, 6.45) is 7.98. The minimum Gasteiger partial charge on any atom is -0.497 e. The van der Waals surface area contributed by atoms with Crippen LogP contribution >= 0.6 is 0 Å². The van der Waals surface area contributed by atoms with E-state index in [9.17, 15) is 0 Å². The van der Waals surface area contributed by atoms with Gasteiger partial charge < -0.3 is 14.2 Å². The molecule has 3 nitrogen and oxygen atoms in total. The molecule has 2 aromatic carbocycles. The van der Waals surface area contributed by atoms with Gasteiger partial charge in [-0.3, -0.25) is 0 Å². The van der Waals surface area contributed by atoms with E-state index < -0.39 is 0 Å². The van der Waals surface area contributed by atoms with E-state index in [0.29, 0.717) is 0 Å². The van der Waals surface area contributed by atoms with Gasteiger partial charge in [0.25, 0.3) is 0 Å². The molecule has 0 bridgehead atoms. The molecule has 2 rings (SSSR count). The van der Waals surface area contributed by atoms with Crippen molar-refractivity contribution in [1.82, 2.24) is 0 Å². The van der Waals surface area contributed by atoms with Crippen LogP contribution in [0.1, 0.15) is 11.1 Å². The lowest BCUT2D eigenvalue weighted by atomic mass is 10.1. The molecule has 0 saturated heterocycles. The fourth-order valence-electron chi connectivity index (χ4n) is 2.01. The van der Waals surface area contributed by atoms with Crippen molar-refractivity contribution in [1.29, 1.82) is 0 Å². The average molecular weight is 296 g/mol. The van der Waals surface area contributed by atoms with Crippen LogP contribution in [0.15, 0.2) is 54.6 Å². The monoisotopic (exact) mass is 296 g/mol. The van der Waals surface area contributed by atoms with E-state index in [0.717, 1.165) is 28.4 Å². The molecule has 0 aliphatic carbocycles. The Morgan fingerprint density at radius 1 is 0.682 bits per heavy atom. The summed E-state index contributed by atoms with van der Waals surface area (Å²) in [4.78, 5) is 0. The Kier molecular flexibility index (Phi) is 5.66. The molecule has 22 heavy (non-hydrogen) atoms. The van der Waals surface area contributed by atoms with Crippen molar-refractivity contribution in [2.45, 2.75) is 0 Å². The molecule has 0 N–H and O–H groups in total. The molecule has 0 heterocycles. The molecule has 114 valence electrons. The number of allylic oxidation sites excluding steroid dienone is 2. The van der Waals surface area contributed by atoms with Crippen molar-refractivity contribution in [2.75, 3.05) is 21.3 Å². The molecule has 0 aliphatic rings.